The summed E-state index contributed by atoms with van der Waals surface area (Å²) in [4.78, 5) is 7.58. The Morgan fingerprint density at radius 1 is 1.43 bits per heavy atom. The predicted octanol–water partition coefficient (Wildman–Crippen LogP) is 4.40. The van der Waals surface area contributed by atoms with Crippen LogP contribution < -0.4 is 5.32 Å². The number of hydrogen-bond acceptors (Lipinski definition) is 2. The van der Waals surface area contributed by atoms with E-state index < -0.39 is 0 Å². The van der Waals surface area contributed by atoms with Crippen molar-refractivity contribution in [2.75, 3.05) is 0 Å². The first kappa shape index (κ1) is 16.0. The summed E-state index contributed by atoms with van der Waals surface area (Å²) in [6.07, 6.45) is 3.13. The predicted molar refractivity (Wildman–Crippen MR) is 83.9 cm³/mol. The lowest BCUT2D eigenvalue weighted by Gasteiger charge is -2.13. The van der Waals surface area contributed by atoms with Crippen molar-refractivity contribution < 1.29 is 4.39 Å². The van der Waals surface area contributed by atoms with Gasteiger partial charge in [0.1, 0.15) is 11.6 Å². The molecule has 0 saturated carbocycles. The lowest BCUT2D eigenvalue weighted by atomic mass is 10.1. The molecule has 0 saturated heterocycles. The van der Waals surface area contributed by atoms with Crippen LogP contribution in [0.3, 0.4) is 0 Å². The van der Waals surface area contributed by atoms with Crippen LogP contribution in [-0.4, -0.2) is 9.97 Å². The van der Waals surface area contributed by atoms with E-state index in [9.17, 15) is 4.39 Å². The van der Waals surface area contributed by atoms with Crippen LogP contribution in [0.15, 0.2) is 24.3 Å². The molecule has 0 aliphatic heterocycles. The quantitative estimate of drug-likeness (QED) is 0.796. The molecule has 2 rings (SSSR count). The van der Waals surface area contributed by atoms with Crippen LogP contribution in [0.1, 0.15) is 49.8 Å². The number of unbranched alkanes of at least 4 members (excludes halogenated alkanes) is 1. The number of benzene rings is 1. The Bertz CT molecular complexity index is 583. The van der Waals surface area contributed by atoms with E-state index in [-0.39, 0.29) is 11.9 Å². The van der Waals surface area contributed by atoms with Gasteiger partial charge in [0.25, 0.3) is 0 Å². The normalized spacial score (nSPS) is 12.6. The molecule has 0 aliphatic rings. The van der Waals surface area contributed by atoms with E-state index >= 15 is 0 Å². The summed E-state index contributed by atoms with van der Waals surface area (Å²) in [7, 11) is 0. The molecule has 0 bridgehead atoms. The highest BCUT2D eigenvalue weighted by atomic mass is 35.5. The number of nitrogens with one attached hydrogen (secondary N) is 2. The second kappa shape index (κ2) is 7.57. The Hall–Kier alpha value is -1.39. The van der Waals surface area contributed by atoms with Crippen molar-refractivity contribution in [3.8, 4) is 0 Å². The van der Waals surface area contributed by atoms with Gasteiger partial charge in [0.2, 0.25) is 0 Å². The average Bonchev–Trinajstić information content (AvgIpc) is 2.83. The van der Waals surface area contributed by atoms with Crippen LogP contribution in [0.5, 0.6) is 0 Å². The van der Waals surface area contributed by atoms with Crippen LogP contribution in [0.25, 0.3) is 0 Å². The SMILES string of the molecule is CCCCc1nc(Cl)c(CNC(C)c2cccc(F)c2)[nH]1. The first-order valence-electron chi connectivity index (χ1n) is 7.32. The van der Waals surface area contributed by atoms with Gasteiger partial charge < -0.3 is 10.3 Å². The van der Waals surface area contributed by atoms with E-state index in [4.69, 9.17) is 11.6 Å². The number of aryl methyl sites for hydroxylation is 1. The van der Waals surface area contributed by atoms with E-state index in [0.29, 0.717) is 11.7 Å². The maximum absolute atomic E-state index is 13.2. The molecule has 1 aromatic heterocycles. The van der Waals surface area contributed by atoms with Gasteiger partial charge in [-0.15, -0.1) is 0 Å². The molecule has 3 nitrogen and oxygen atoms in total. The largest absolute Gasteiger partial charge is 0.344 e. The molecule has 2 aromatic rings. The average molecular weight is 310 g/mol. The Balaban J connectivity index is 1.94. The van der Waals surface area contributed by atoms with Gasteiger partial charge in [-0.1, -0.05) is 37.1 Å². The summed E-state index contributed by atoms with van der Waals surface area (Å²) in [5.74, 6) is 0.708. The minimum absolute atomic E-state index is 0.0409. The molecule has 1 unspecified atom stereocenters. The highest BCUT2D eigenvalue weighted by molar-refractivity contribution is 6.30. The minimum Gasteiger partial charge on any atom is -0.344 e. The summed E-state index contributed by atoms with van der Waals surface area (Å²) in [5.41, 5.74) is 1.79. The van der Waals surface area contributed by atoms with E-state index in [1.165, 1.54) is 6.07 Å². The molecule has 0 spiro atoms. The number of aromatic amines is 1. The maximum atomic E-state index is 13.2. The molecular formula is C16H21ClFN3. The van der Waals surface area contributed by atoms with Crippen molar-refractivity contribution in [3.05, 3.63) is 52.3 Å². The zero-order chi connectivity index (χ0) is 15.2. The molecule has 0 aliphatic carbocycles. The first-order chi connectivity index (χ1) is 10.1. The Kier molecular flexibility index (Phi) is 5.76. The van der Waals surface area contributed by atoms with Gasteiger partial charge in [-0.2, -0.15) is 0 Å². The number of rotatable bonds is 7. The van der Waals surface area contributed by atoms with Gasteiger partial charge in [-0.3, -0.25) is 0 Å². The Labute approximate surface area is 129 Å². The minimum atomic E-state index is -0.220. The number of H-pyrrole nitrogens is 1. The lowest BCUT2D eigenvalue weighted by Crippen LogP contribution is -2.18. The van der Waals surface area contributed by atoms with E-state index in [2.05, 4.69) is 22.2 Å². The molecule has 21 heavy (non-hydrogen) atoms. The summed E-state index contributed by atoms with van der Waals surface area (Å²) in [5, 5.41) is 3.84. The van der Waals surface area contributed by atoms with Crippen molar-refractivity contribution in [2.24, 2.45) is 0 Å². The number of aromatic nitrogens is 2. The van der Waals surface area contributed by atoms with Crippen molar-refractivity contribution in [2.45, 2.75) is 45.7 Å². The van der Waals surface area contributed by atoms with Gasteiger partial charge in [0, 0.05) is 19.0 Å². The molecular weight excluding hydrogens is 289 g/mol. The number of hydrogen-bond donors (Lipinski definition) is 2. The van der Waals surface area contributed by atoms with Gasteiger partial charge in [0.15, 0.2) is 5.15 Å². The zero-order valence-electron chi connectivity index (χ0n) is 12.4. The van der Waals surface area contributed by atoms with E-state index in [1.807, 2.05) is 13.0 Å². The monoisotopic (exact) mass is 309 g/mol. The summed E-state index contributed by atoms with van der Waals surface area (Å²) >= 11 is 6.14. The zero-order valence-corrected chi connectivity index (χ0v) is 13.2. The summed E-state index contributed by atoms with van der Waals surface area (Å²) in [6, 6.07) is 6.65. The van der Waals surface area contributed by atoms with Crippen LogP contribution in [0.4, 0.5) is 4.39 Å². The van der Waals surface area contributed by atoms with Gasteiger partial charge in [-0.05, 0) is 31.0 Å². The Morgan fingerprint density at radius 3 is 2.95 bits per heavy atom. The lowest BCUT2D eigenvalue weighted by molar-refractivity contribution is 0.560. The molecule has 1 heterocycles. The smallest absolute Gasteiger partial charge is 0.151 e. The van der Waals surface area contributed by atoms with Crippen LogP contribution >= 0.6 is 11.6 Å². The summed E-state index contributed by atoms with van der Waals surface area (Å²) < 4.78 is 13.2. The van der Waals surface area contributed by atoms with E-state index in [0.717, 1.165) is 36.3 Å². The molecule has 2 N–H and O–H groups in total. The van der Waals surface area contributed by atoms with Gasteiger partial charge >= 0.3 is 0 Å². The van der Waals surface area contributed by atoms with Crippen molar-refractivity contribution in [1.29, 1.82) is 0 Å². The molecule has 5 heteroatoms. The third-order valence-electron chi connectivity index (χ3n) is 3.48. The third kappa shape index (κ3) is 4.55. The van der Waals surface area contributed by atoms with Gasteiger partial charge in [-0.25, -0.2) is 9.37 Å². The standard InChI is InChI=1S/C16H21ClFN3/c1-3-4-8-15-20-14(16(17)21-15)10-19-11(2)12-6-5-7-13(18)9-12/h5-7,9,11,19H,3-4,8,10H2,1-2H3,(H,20,21). The molecule has 0 amide bonds. The fraction of sp³-hybridized carbons (Fsp3) is 0.438. The second-order valence-corrected chi connectivity index (χ2v) is 5.57. The van der Waals surface area contributed by atoms with Crippen LogP contribution in [0, 0.1) is 5.82 Å². The molecule has 114 valence electrons. The first-order valence-corrected chi connectivity index (χ1v) is 7.70. The maximum Gasteiger partial charge on any atom is 0.151 e. The number of halogens is 2. The van der Waals surface area contributed by atoms with Crippen LogP contribution in [0.2, 0.25) is 5.15 Å². The third-order valence-corrected chi connectivity index (χ3v) is 3.79. The molecule has 0 radical (unpaired) electrons. The Morgan fingerprint density at radius 2 is 2.24 bits per heavy atom. The topological polar surface area (TPSA) is 40.7 Å². The van der Waals surface area contributed by atoms with Crippen molar-refractivity contribution >= 4 is 11.6 Å². The highest BCUT2D eigenvalue weighted by Gasteiger charge is 2.10. The second-order valence-electron chi connectivity index (χ2n) is 5.21. The van der Waals surface area contributed by atoms with Gasteiger partial charge in [0.05, 0.1) is 5.69 Å². The number of nitrogens with zero attached hydrogens (tertiary/aromatic N) is 1. The van der Waals surface area contributed by atoms with Crippen molar-refractivity contribution in [3.63, 3.8) is 0 Å². The fourth-order valence-electron chi connectivity index (χ4n) is 2.17. The van der Waals surface area contributed by atoms with Crippen molar-refractivity contribution in [1.82, 2.24) is 15.3 Å². The fourth-order valence-corrected chi connectivity index (χ4v) is 2.38. The molecule has 1 atom stereocenters. The molecule has 0 fully saturated rings. The summed E-state index contributed by atoms with van der Waals surface area (Å²) in [6.45, 7) is 4.72. The molecule has 1 aromatic carbocycles. The van der Waals surface area contributed by atoms with Crippen LogP contribution in [-0.2, 0) is 13.0 Å². The van der Waals surface area contributed by atoms with E-state index in [1.54, 1.807) is 12.1 Å². The highest BCUT2D eigenvalue weighted by Crippen LogP contribution is 2.17. The number of imidazole rings is 1.